The molecule has 0 amide bonds. The fourth-order valence-corrected chi connectivity index (χ4v) is 2.29. The van der Waals surface area contributed by atoms with Crippen molar-refractivity contribution < 1.29 is 5.11 Å². The highest BCUT2D eigenvalue weighted by atomic mass is 16.3. The lowest BCUT2D eigenvalue weighted by Gasteiger charge is -2.20. The molecule has 18 heavy (non-hydrogen) atoms. The van der Waals surface area contributed by atoms with Gasteiger partial charge >= 0.3 is 0 Å². The molecule has 0 spiro atoms. The first-order chi connectivity index (χ1) is 8.63. The fraction of sp³-hybridized carbons (Fsp3) is 0.786. The predicted molar refractivity (Wildman–Crippen MR) is 76.0 cm³/mol. The smallest absolute Gasteiger partial charge is 0.127 e. The quantitative estimate of drug-likeness (QED) is 0.749. The Balaban J connectivity index is 2.85. The van der Waals surface area contributed by atoms with Gasteiger partial charge < -0.3 is 10.4 Å². The summed E-state index contributed by atoms with van der Waals surface area (Å²) in [6.07, 6.45) is 4.72. The molecule has 0 saturated carbocycles. The van der Waals surface area contributed by atoms with E-state index in [2.05, 4.69) is 31.2 Å². The van der Waals surface area contributed by atoms with Crippen molar-refractivity contribution in [3.8, 4) is 0 Å². The highest BCUT2D eigenvalue weighted by Gasteiger charge is 2.15. The van der Waals surface area contributed by atoms with Crippen LogP contribution in [0.1, 0.15) is 50.8 Å². The van der Waals surface area contributed by atoms with Gasteiger partial charge in [-0.3, -0.25) is 0 Å². The first kappa shape index (κ1) is 15.0. The van der Waals surface area contributed by atoms with Crippen molar-refractivity contribution in [2.75, 3.05) is 11.9 Å². The molecule has 0 fully saturated rings. The number of nitrogens with one attached hydrogen (secondary N) is 1. The summed E-state index contributed by atoms with van der Waals surface area (Å²) in [5.74, 6) is 1.08. The van der Waals surface area contributed by atoms with Crippen molar-refractivity contribution in [2.24, 2.45) is 0 Å². The van der Waals surface area contributed by atoms with Gasteiger partial charge in [-0.25, -0.2) is 4.68 Å². The number of rotatable bonds is 8. The third-order valence-electron chi connectivity index (χ3n) is 3.35. The van der Waals surface area contributed by atoms with E-state index in [1.807, 2.05) is 11.6 Å². The Morgan fingerprint density at radius 2 is 1.83 bits per heavy atom. The molecule has 2 N–H and O–H groups in total. The van der Waals surface area contributed by atoms with Crippen LogP contribution >= 0.6 is 0 Å². The zero-order valence-electron chi connectivity index (χ0n) is 12.2. The lowest BCUT2D eigenvalue weighted by molar-refractivity contribution is 0.270. The maximum atomic E-state index is 9.10. The Labute approximate surface area is 110 Å². The van der Waals surface area contributed by atoms with Crippen molar-refractivity contribution >= 4 is 5.82 Å². The van der Waals surface area contributed by atoms with E-state index in [1.54, 1.807) is 0 Å². The second kappa shape index (κ2) is 7.41. The van der Waals surface area contributed by atoms with Crippen LogP contribution in [-0.2, 0) is 6.54 Å². The SMILES string of the molecule is CCCC(CCC)Nc1c(C)c(C)nn1CCO. The molecule has 1 rings (SSSR count). The average molecular weight is 253 g/mol. The standard InChI is InChI=1S/C14H27N3O/c1-5-7-13(8-6-2)15-14-11(3)12(4)16-17(14)9-10-18/h13,15,18H,5-10H2,1-4H3. The van der Waals surface area contributed by atoms with E-state index in [0.717, 1.165) is 11.5 Å². The van der Waals surface area contributed by atoms with Crippen molar-refractivity contribution in [2.45, 2.75) is 66.0 Å². The van der Waals surface area contributed by atoms with Crippen LogP contribution in [0.15, 0.2) is 0 Å². The highest BCUT2D eigenvalue weighted by Crippen LogP contribution is 2.21. The lowest BCUT2D eigenvalue weighted by atomic mass is 10.1. The molecule has 1 aromatic rings. The topological polar surface area (TPSA) is 50.1 Å². The van der Waals surface area contributed by atoms with Gasteiger partial charge in [-0.1, -0.05) is 26.7 Å². The summed E-state index contributed by atoms with van der Waals surface area (Å²) in [7, 11) is 0. The van der Waals surface area contributed by atoms with Crippen LogP contribution in [0, 0.1) is 13.8 Å². The molecule has 1 aromatic heterocycles. The van der Waals surface area contributed by atoms with Gasteiger partial charge in [0.05, 0.1) is 18.8 Å². The van der Waals surface area contributed by atoms with Gasteiger partial charge in [-0.05, 0) is 26.7 Å². The van der Waals surface area contributed by atoms with Crippen molar-refractivity contribution in [1.82, 2.24) is 9.78 Å². The number of aliphatic hydroxyl groups excluding tert-OH is 1. The van der Waals surface area contributed by atoms with Crippen LogP contribution in [0.25, 0.3) is 0 Å². The van der Waals surface area contributed by atoms with Gasteiger partial charge in [0, 0.05) is 11.6 Å². The monoisotopic (exact) mass is 253 g/mol. The normalized spacial score (nSPS) is 11.2. The van der Waals surface area contributed by atoms with Gasteiger partial charge in [0.25, 0.3) is 0 Å². The van der Waals surface area contributed by atoms with E-state index in [1.165, 1.54) is 31.2 Å². The zero-order chi connectivity index (χ0) is 13.5. The fourth-order valence-electron chi connectivity index (χ4n) is 2.29. The van der Waals surface area contributed by atoms with E-state index < -0.39 is 0 Å². The molecular weight excluding hydrogens is 226 g/mol. The van der Waals surface area contributed by atoms with Crippen LogP contribution in [-0.4, -0.2) is 27.5 Å². The Morgan fingerprint density at radius 3 is 2.33 bits per heavy atom. The van der Waals surface area contributed by atoms with E-state index >= 15 is 0 Å². The number of aliphatic hydroxyl groups is 1. The zero-order valence-corrected chi connectivity index (χ0v) is 12.2. The molecule has 0 aliphatic carbocycles. The van der Waals surface area contributed by atoms with Crippen LogP contribution in [0.5, 0.6) is 0 Å². The Hall–Kier alpha value is -1.03. The van der Waals surface area contributed by atoms with Crippen molar-refractivity contribution in [3.05, 3.63) is 11.3 Å². The second-order valence-corrected chi connectivity index (χ2v) is 4.92. The third kappa shape index (κ3) is 3.73. The Morgan fingerprint density at radius 1 is 1.22 bits per heavy atom. The molecular formula is C14H27N3O. The Bertz CT molecular complexity index is 354. The molecule has 0 aliphatic heterocycles. The first-order valence-corrected chi connectivity index (χ1v) is 7.05. The van der Waals surface area contributed by atoms with Crippen molar-refractivity contribution in [1.29, 1.82) is 0 Å². The minimum atomic E-state index is 0.126. The van der Waals surface area contributed by atoms with Gasteiger partial charge in [0.1, 0.15) is 5.82 Å². The van der Waals surface area contributed by atoms with E-state index in [9.17, 15) is 0 Å². The summed E-state index contributed by atoms with van der Waals surface area (Å²) < 4.78 is 1.89. The van der Waals surface area contributed by atoms with Gasteiger partial charge in [0.15, 0.2) is 0 Å². The molecule has 4 nitrogen and oxygen atoms in total. The molecule has 0 unspecified atom stereocenters. The molecule has 104 valence electrons. The third-order valence-corrected chi connectivity index (χ3v) is 3.35. The minimum absolute atomic E-state index is 0.126. The summed E-state index contributed by atoms with van der Waals surface area (Å²) >= 11 is 0. The van der Waals surface area contributed by atoms with Crippen LogP contribution in [0.4, 0.5) is 5.82 Å². The molecule has 0 saturated heterocycles. The minimum Gasteiger partial charge on any atom is -0.394 e. The largest absolute Gasteiger partial charge is 0.394 e. The van der Waals surface area contributed by atoms with Crippen LogP contribution in [0.2, 0.25) is 0 Å². The summed E-state index contributed by atoms with van der Waals surface area (Å²) in [6.45, 7) is 9.22. The predicted octanol–water partition coefficient (Wildman–Crippen LogP) is 2.87. The van der Waals surface area contributed by atoms with Crippen LogP contribution < -0.4 is 5.32 Å². The summed E-state index contributed by atoms with van der Waals surface area (Å²) in [4.78, 5) is 0. The maximum absolute atomic E-state index is 9.10. The van der Waals surface area contributed by atoms with E-state index in [0.29, 0.717) is 12.6 Å². The van der Waals surface area contributed by atoms with Gasteiger partial charge in [-0.2, -0.15) is 5.10 Å². The molecule has 0 aromatic carbocycles. The summed E-state index contributed by atoms with van der Waals surface area (Å²) in [5, 5.41) is 17.2. The van der Waals surface area contributed by atoms with E-state index in [4.69, 9.17) is 5.11 Å². The lowest BCUT2D eigenvalue weighted by Crippen LogP contribution is -2.22. The molecule has 4 heteroatoms. The van der Waals surface area contributed by atoms with E-state index in [-0.39, 0.29) is 6.61 Å². The number of aromatic nitrogens is 2. The van der Waals surface area contributed by atoms with Crippen molar-refractivity contribution in [3.63, 3.8) is 0 Å². The van der Waals surface area contributed by atoms with Gasteiger partial charge in [-0.15, -0.1) is 0 Å². The molecule has 1 heterocycles. The summed E-state index contributed by atoms with van der Waals surface area (Å²) in [6, 6.07) is 0.507. The molecule has 0 bridgehead atoms. The molecule has 0 aliphatic rings. The maximum Gasteiger partial charge on any atom is 0.127 e. The molecule has 0 radical (unpaired) electrons. The number of anilines is 1. The summed E-state index contributed by atoms with van der Waals surface area (Å²) in [5.41, 5.74) is 2.23. The number of nitrogens with zero attached hydrogens (tertiary/aromatic N) is 2. The second-order valence-electron chi connectivity index (χ2n) is 4.92. The molecule has 0 atom stereocenters. The van der Waals surface area contributed by atoms with Gasteiger partial charge in [0.2, 0.25) is 0 Å². The average Bonchev–Trinajstić information content (AvgIpc) is 2.58. The highest BCUT2D eigenvalue weighted by molar-refractivity contribution is 5.47. The van der Waals surface area contributed by atoms with Crippen LogP contribution in [0.3, 0.4) is 0 Å². The number of hydrogen-bond acceptors (Lipinski definition) is 3. The first-order valence-electron chi connectivity index (χ1n) is 7.05. The Kier molecular flexibility index (Phi) is 6.19. The number of hydrogen-bond donors (Lipinski definition) is 2. The number of aryl methyl sites for hydroxylation is 1.